The van der Waals surface area contributed by atoms with Gasteiger partial charge in [0, 0.05) is 17.3 Å². The lowest BCUT2D eigenvalue weighted by Gasteiger charge is -2.32. The highest BCUT2D eigenvalue weighted by Gasteiger charge is 2.25. The second-order valence-corrected chi connectivity index (χ2v) is 7.14. The van der Waals surface area contributed by atoms with E-state index in [1.807, 2.05) is 98.0 Å². The quantitative estimate of drug-likeness (QED) is 0.277. The van der Waals surface area contributed by atoms with Gasteiger partial charge in [0.1, 0.15) is 0 Å². The maximum absolute atomic E-state index is 6.09. The van der Waals surface area contributed by atoms with Crippen molar-refractivity contribution in [2.75, 3.05) is 4.90 Å². The molecular formula is C27H21N3O2. The number of para-hydroxylation sites is 4. The van der Waals surface area contributed by atoms with Gasteiger partial charge in [-0.2, -0.15) is 0 Å². The third kappa shape index (κ3) is 3.84. The zero-order valence-electron chi connectivity index (χ0n) is 17.6. The van der Waals surface area contributed by atoms with Crippen LogP contribution in [0.25, 0.3) is 17.5 Å². The van der Waals surface area contributed by atoms with E-state index in [1.54, 1.807) is 6.08 Å². The van der Waals surface area contributed by atoms with Gasteiger partial charge in [-0.05, 0) is 55.5 Å². The molecule has 5 nitrogen and oxygen atoms in total. The topological polar surface area (TPSA) is 51.4 Å². The first-order chi connectivity index (χ1) is 15.8. The van der Waals surface area contributed by atoms with Crippen LogP contribution in [0.1, 0.15) is 12.8 Å². The molecule has 0 spiro atoms. The van der Waals surface area contributed by atoms with Gasteiger partial charge >= 0.3 is 0 Å². The number of hydrogen-bond donors (Lipinski definition) is 0. The van der Waals surface area contributed by atoms with E-state index in [9.17, 15) is 0 Å². The van der Waals surface area contributed by atoms with Crippen LogP contribution in [0.3, 0.4) is 0 Å². The van der Waals surface area contributed by atoms with Crippen LogP contribution in [0.4, 0.5) is 17.1 Å². The lowest BCUT2D eigenvalue weighted by molar-refractivity contribution is 0.477. The molecule has 0 unspecified atom stereocenters. The molecule has 0 saturated heterocycles. The monoisotopic (exact) mass is 419 g/mol. The summed E-state index contributed by atoms with van der Waals surface area (Å²) in [4.78, 5) is 2.19. The van der Waals surface area contributed by atoms with E-state index in [0.717, 1.165) is 34.1 Å². The van der Waals surface area contributed by atoms with Gasteiger partial charge in [-0.1, -0.05) is 54.6 Å². The molecule has 3 aromatic carbocycles. The second kappa shape index (κ2) is 8.78. The van der Waals surface area contributed by atoms with Crippen molar-refractivity contribution < 1.29 is 9.15 Å². The molecule has 2 heterocycles. The predicted octanol–water partition coefficient (Wildman–Crippen LogP) is 7.46. The first kappa shape index (κ1) is 19.6. The van der Waals surface area contributed by atoms with Crippen molar-refractivity contribution in [1.82, 2.24) is 10.2 Å². The normalized spacial score (nSPS) is 13.0. The fraction of sp³-hybridized carbons (Fsp3) is 0.0370. The van der Waals surface area contributed by atoms with Gasteiger partial charge in [0.15, 0.2) is 11.5 Å². The molecule has 0 N–H and O–H groups in total. The van der Waals surface area contributed by atoms with Crippen molar-refractivity contribution >= 4 is 23.1 Å². The molecule has 1 aliphatic heterocycles. The number of allylic oxidation sites excluding steroid dienone is 5. The maximum Gasteiger partial charge on any atom is 0.248 e. The summed E-state index contributed by atoms with van der Waals surface area (Å²) in [7, 11) is 0. The van der Waals surface area contributed by atoms with Crippen molar-refractivity contribution in [2.45, 2.75) is 6.92 Å². The van der Waals surface area contributed by atoms with Crippen molar-refractivity contribution in [3.63, 3.8) is 0 Å². The molecule has 1 aliphatic rings. The van der Waals surface area contributed by atoms with Crippen LogP contribution in [0.2, 0.25) is 0 Å². The molecule has 156 valence electrons. The first-order valence-corrected chi connectivity index (χ1v) is 10.4. The molecule has 32 heavy (non-hydrogen) atoms. The molecule has 0 radical (unpaired) electrons. The highest BCUT2D eigenvalue weighted by Crippen LogP contribution is 2.50. The molecule has 0 bridgehead atoms. The summed E-state index contributed by atoms with van der Waals surface area (Å²) in [5.74, 6) is 2.60. The third-order valence-corrected chi connectivity index (χ3v) is 5.01. The van der Waals surface area contributed by atoms with Crippen LogP contribution in [-0.4, -0.2) is 10.2 Å². The first-order valence-electron chi connectivity index (χ1n) is 10.4. The Balaban J connectivity index is 1.43. The van der Waals surface area contributed by atoms with Crippen LogP contribution in [0.5, 0.6) is 11.5 Å². The molecule has 1 aromatic heterocycles. The molecule has 4 aromatic rings. The van der Waals surface area contributed by atoms with Crippen LogP contribution < -0.4 is 9.64 Å². The van der Waals surface area contributed by atoms with E-state index in [0.29, 0.717) is 11.8 Å². The molecule has 0 amide bonds. The Labute approximate surface area is 186 Å². The Morgan fingerprint density at radius 1 is 0.719 bits per heavy atom. The predicted molar refractivity (Wildman–Crippen MR) is 127 cm³/mol. The number of anilines is 3. The summed E-state index contributed by atoms with van der Waals surface area (Å²) in [6.45, 7) is 1.97. The SMILES string of the molecule is C\C=C/C=C\C=C\c1nnc(-c2ccc(N3c4ccccc4Oc4ccccc43)cc2)o1. The second-order valence-electron chi connectivity index (χ2n) is 7.14. The van der Waals surface area contributed by atoms with Gasteiger partial charge in [-0.25, -0.2) is 0 Å². The zero-order chi connectivity index (χ0) is 21.8. The highest BCUT2D eigenvalue weighted by atomic mass is 16.5. The minimum absolute atomic E-state index is 0.463. The molecule has 5 heteroatoms. The van der Waals surface area contributed by atoms with Gasteiger partial charge in [-0.3, -0.25) is 0 Å². The van der Waals surface area contributed by atoms with Crippen molar-refractivity contribution in [3.8, 4) is 23.0 Å². The van der Waals surface area contributed by atoms with Gasteiger partial charge in [-0.15, -0.1) is 10.2 Å². The van der Waals surface area contributed by atoms with Crippen LogP contribution in [-0.2, 0) is 0 Å². The fourth-order valence-electron chi connectivity index (χ4n) is 3.53. The van der Waals surface area contributed by atoms with Crippen LogP contribution in [0.15, 0.2) is 108 Å². The molecule has 0 aliphatic carbocycles. The standard InChI is InChI=1S/C27H21N3O2/c1-2-3-4-5-6-15-26-28-29-27(32-26)20-16-18-21(19-17-20)30-22-11-7-9-13-24(22)31-25-14-10-8-12-23(25)30/h2-19H,1H3/b3-2-,5-4-,15-6+. The summed E-state index contributed by atoms with van der Waals surface area (Å²) < 4.78 is 11.9. The summed E-state index contributed by atoms with van der Waals surface area (Å²) >= 11 is 0. The Bertz CT molecular complexity index is 1270. The molecule has 0 fully saturated rings. The smallest absolute Gasteiger partial charge is 0.248 e. The van der Waals surface area contributed by atoms with E-state index in [1.165, 1.54) is 0 Å². The largest absolute Gasteiger partial charge is 0.453 e. The average molecular weight is 419 g/mol. The molecular weight excluding hydrogens is 398 g/mol. The van der Waals surface area contributed by atoms with E-state index >= 15 is 0 Å². The van der Waals surface area contributed by atoms with Crippen LogP contribution >= 0.6 is 0 Å². The fourth-order valence-corrected chi connectivity index (χ4v) is 3.53. The lowest BCUT2D eigenvalue weighted by atomic mass is 10.1. The Hall–Kier alpha value is -4.38. The number of hydrogen-bond acceptors (Lipinski definition) is 5. The number of ether oxygens (including phenoxy) is 1. The summed E-state index contributed by atoms with van der Waals surface area (Å²) in [5, 5.41) is 8.28. The van der Waals surface area contributed by atoms with E-state index in [-0.39, 0.29) is 0 Å². The number of aromatic nitrogens is 2. The lowest BCUT2D eigenvalue weighted by Crippen LogP contribution is -2.15. The van der Waals surface area contributed by atoms with E-state index in [4.69, 9.17) is 9.15 Å². The molecule has 0 atom stereocenters. The highest BCUT2D eigenvalue weighted by molar-refractivity contribution is 5.86. The molecule has 5 rings (SSSR count). The summed E-state index contributed by atoms with van der Waals surface area (Å²) in [6.07, 6.45) is 11.4. The number of rotatable bonds is 5. The van der Waals surface area contributed by atoms with Gasteiger partial charge < -0.3 is 14.1 Å². The maximum atomic E-state index is 6.09. The zero-order valence-corrected chi connectivity index (χ0v) is 17.6. The Morgan fingerprint density at radius 3 is 2.06 bits per heavy atom. The van der Waals surface area contributed by atoms with Gasteiger partial charge in [0.2, 0.25) is 11.8 Å². The number of fused-ring (bicyclic) bond motifs is 2. The summed E-state index contributed by atoms with van der Waals surface area (Å²) in [6, 6.07) is 24.1. The molecule has 0 saturated carbocycles. The van der Waals surface area contributed by atoms with Gasteiger partial charge in [0.05, 0.1) is 11.4 Å². The number of benzene rings is 3. The minimum atomic E-state index is 0.463. The van der Waals surface area contributed by atoms with Crippen molar-refractivity contribution in [1.29, 1.82) is 0 Å². The van der Waals surface area contributed by atoms with Crippen LogP contribution in [0, 0.1) is 0 Å². The van der Waals surface area contributed by atoms with Crippen molar-refractivity contribution in [3.05, 3.63) is 109 Å². The summed E-state index contributed by atoms with van der Waals surface area (Å²) in [5.41, 5.74) is 3.87. The minimum Gasteiger partial charge on any atom is -0.453 e. The Morgan fingerprint density at radius 2 is 1.38 bits per heavy atom. The van der Waals surface area contributed by atoms with E-state index in [2.05, 4.69) is 27.2 Å². The third-order valence-electron chi connectivity index (χ3n) is 5.01. The average Bonchev–Trinajstić information content (AvgIpc) is 3.31. The van der Waals surface area contributed by atoms with Gasteiger partial charge in [0.25, 0.3) is 0 Å². The van der Waals surface area contributed by atoms with Crippen molar-refractivity contribution in [2.24, 2.45) is 0 Å². The number of nitrogens with zero attached hydrogens (tertiary/aromatic N) is 3. The Kier molecular flexibility index (Phi) is 5.37. The van der Waals surface area contributed by atoms with E-state index < -0.39 is 0 Å².